The second-order valence-electron chi connectivity index (χ2n) is 2.46. The van der Waals surface area contributed by atoms with Crippen molar-refractivity contribution in [1.29, 1.82) is 0 Å². The molecule has 5 nitrogen and oxygen atoms in total. The van der Waals surface area contributed by atoms with E-state index in [9.17, 15) is 9.59 Å². The largest absolute Gasteiger partial charge is 0.464 e. The van der Waals surface area contributed by atoms with E-state index in [0.717, 1.165) is 0 Å². The van der Waals surface area contributed by atoms with Gasteiger partial charge in [-0.2, -0.15) is 0 Å². The average Bonchev–Trinajstić information content (AvgIpc) is 2.13. The van der Waals surface area contributed by atoms with Crippen LogP contribution >= 0.6 is 15.9 Å². The molecule has 0 rings (SSSR count). The molecule has 0 heterocycles. The van der Waals surface area contributed by atoms with Gasteiger partial charge in [-0.25, -0.2) is 4.79 Å². The van der Waals surface area contributed by atoms with Crippen LogP contribution in [0.4, 0.5) is 0 Å². The molecule has 0 spiro atoms. The number of esters is 1. The van der Waals surface area contributed by atoms with Crippen LogP contribution in [-0.4, -0.2) is 31.1 Å². The summed E-state index contributed by atoms with van der Waals surface area (Å²) in [6.07, 6.45) is 0. The Balaban J connectivity index is 3.98. The number of amides is 1. The van der Waals surface area contributed by atoms with Gasteiger partial charge in [-0.1, -0.05) is 22.5 Å². The summed E-state index contributed by atoms with van der Waals surface area (Å²) in [5.74, 6) is -1.31. The molecule has 0 fully saturated rings. The second-order valence-corrected chi connectivity index (χ2v) is 3.59. The summed E-state index contributed by atoms with van der Waals surface area (Å²) in [5.41, 5.74) is 5.30. The van der Waals surface area contributed by atoms with E-state index in [1.165, 1.54) is 0 Å². The zero-order valence-corrected chi connectivity index (χ0v) is 9.46. The summed E-state index contributed by atoms with van der Waals surface area (Å²) in [5, 5.41) is 2.41. The molecule has 1 atom stereocenters. The predicted molar refractivity (Wildman–Crippen MR) is 55.7 cm³/mol. The Morgan fingerprint density at radius 3 is 2.64 bits per heavy atom. The van der Waals surface area contributed by atoms with E-state index in [-0.39, 0.29) is 13.2 Å². The van der Waals surface area contributed by atoms with Gasteiger partial charge in [-0.05, 0) is 6.92 Å². The van der Waals surface area contributed by atoms with Gasteiger partial charge in [0, 0.05) is 11.0 Å². The highest BCUT2D eigenvalue weighted by Crippen LogP contribution is 1.97. The number of hydrogen-bond donors (Lipinski definition) is 2. The molecule has 0 saturated heterocycles. The van der Waals surface area contributed by atoms with Gasteiger partial charge >= 0.3 is 5.97 Å². The summed E-state index contributed by atoms with van der Waals surface area (Å²) in [7, 11) is 0. The maximum atomic E-state index is 11.2. The number of hydrogen-bond acceptors (Lipinski definition) is 4. The summed E-state index contributed by atoms with van der Waals surface area (Å²) in [6.45, 7) is 5.58. The van der Waals surface area contributed by atoms with Crippen LogP contribution in [0.15, 0.2) is 11.1 Å². The first-order chi connectivity index (χ1) is 6.49. The van der Waals surface area contributed by atoms with Gasteiger partial charge in [0.05, 0.1) is 6.61 Å². The van der Waals surface area contributed by atoms with Crippen molar-refractivity contribution in [3.63, 3.8) is 0 Å². The lowest BCUT2D eigenvalue weighted by Gasteiger charge is -2.10. The first-order valence-electron chi connectivity index (χ1n) is 4.02. The van der Waals surface area contributed by atoms with E-state index >= 15 is 0 Å². The van der Waals surface area contributed by atoms with E-state index < -0.39 is 17.9 Å². The number of ether oxygens (including phenoxy) is 1. The van der Waals surface area contributed by atoms with Crippen LogP contribution in [0.25, 0.3) is 0 Å². The van der Waals surface area contributed by atoms with Crippen molar-refractivity contribution in [2.24, 2.45) is 5.73 Å². The molecule has 0 radical (unpaired) electrons. The van der Waals surface area contributed by atoms with Gasteiger partial charge in [-0.3, -0.25) is 4.79 Å². The summed E-state index contributed by atoms with van der Waals surface area (Å²) < 4.78 is 5.17. The first-order valence-corrected chi connectivity index (χ1v) is 4.81. The van der Waals surface area contributed by atoms with Crippen molar-refractivity contribution in [2.75, 3.05) is 13.2 Å². The van der Waals surface area contributed by atoms with E-state index in [1.54, 1.807) is 6.92 Å². The van der Waals surface area contributed by atoms with Crippen molar-refractivity contribution >= 4 is 27.8 Å². The standard InChI is InChI=1S/C8H13BrN2O3/c1-3-14-8(13)6(10)7(12)11-4-5(2)9/h6H,2-4,10H2,1H3,(H,11,12). The molecule has 14 heavy (non-hydrogen) atoms. The van der Waals surface area contributed by atoms with Crippen LogP contribution in [0.2, 0.25) is 0 Å². The number of carbonyl (C=O) groups excluding carboxylic acids is 2. The Bertz CT molecular complexity index is 243. The molecule has 0 aromatic rings. The number of halogens is 1. The van der Waals surface area contributed by atoms with E-state index in [1.807, 2.05) is 0 Å². The lowest BCUT2D eigenvalue weighted by Crippen LogP contribution is -2.47. The summed E-state index contributed by atoms with van der Waals surface area (Å²) in [6, 6.07) is -1.28. The van der Waals surface area contributed by atoms with E-state index in [0.29, 0.717) is 4.48 Å². The van der Waals surface area contributed by atoms with Crippen LogP contribution in [-0.2, 0) is 14.3 Å². The summed E-state index contributed by atoms with van der Waals surface area (Å²) >= 11 is 3.05. The highest BCUT2D eigenvalue weighted by atomic mass is 79.9. The number of rotatable bonds is 5. The third-order valence-electron chi connectivity index (χ3n) is 1.28. The molecule has 1 amide bonds. The molecule has 0 aliphatic heterocycles. The Morgan fingerprint density at radius 2 is 2.21 bits per heavy atom. The zero-order chi connectivity index (χ0) is 11.1. The minimum atomic E-state index is -1.28. The highest BCUT2D eigenvalue weighted by molar-refractivity contribution is 9.11. The number of carbonyl (C=O) groups is 2. The molecule has 0 aliphatic rings. The van der Waals surface area contributed by atoms with Crippen molar-refractivity contribution in [2.45, 2.75) is 13.0 Å². The van der Waals surface area contributed by atoms with Crippen molar-refractivity contribution in [3.8, 4) is 0 Å². The lowest BCUT2D eigenvalue weighted by atomic mass is 10.3. The smallest absolute Gasteiger partial charge is 0.332 e. The maximum absolute atomic E-state index is 11.2. The lowest BCUT2D eigenvalue weighted by molar-refractivity contribution is -0.147. The summed E-state index contributed by atoms with van der Waals surface area (Å²) in [4.78, 5) is 22.2. The Morgan fingerprint density at radius 1 is 1.64 bits per heavy atom. The normalized spacial score (nSPS) is 11.6. The van der Waals surface area contributed by atoms with E-state index in [2.05, 4.69) is 32.6 Å². The number of nitrogens with one attached hydrogen (secondary N) is 1. The molecule has 0 aromatic heterocycles. The fourth-order valence-corrected chi connectivity index (χ4v) is 0.772. The maximum Gasteiger partial charge on any atom is 0.332 e. The molecular formula is C8H13BrN2O3. The van der Waals surface area contributed by atoms with Crippen molar-refractivity contribution in [3.05, 3.63) is 11.1 Å². The monoisotopic (exact) mass is 264 g/mol. The highest BCUT2D eigenvalue weighted by Gasteiger charge is 2.22. The molecule has 6 heteroatoms. The molecule has 0 saturated carbocycles. The Hall–Kier alpha value is -0.880. The Labute approximate surface area is 90.8 Å². The second kappa shape index (κ2) is 6.56. The van der Waals surface area contributed by atoms with Crippen LogP contribution in [0.3, 0.4) is 0 Å². The van der Waals surface area contributed by atoms with Crippen LogP contribution in [0.5, 0.6) is 0 Å². The van der Waals surface area contributed by atoms with Gasteiger partial charge in [-0.15, -0.1) is 0 Å². The van der Waals surface area contributed by atoms with Gasteiger partial charge in [0.1, 0.15) is 0 Å². The van der Waals surface area contributed by atoms with Crippen molar-refractivity contribution in [1.82, 2.24) is 5.32 Å². The minimum absolute atomic E-state index is 0.199. The average molecular weight is 265 g/mol. The molecular weight excluding hydrogens is 252 g/mol. The molecule has 3 N–H and O–H groups in total. The fourth-order valence-electron chi connectivity index (χ4n) is 0.632. The first kappa shape index (κ1) is 13.1. The minimum Gasteiger partial charge on any atom is -0.464 e. The molecule has 0 aliphatic carbocycles. The fraction of sp³-hybridized carbons (Fsp3) is 0.500. The van der Waals surface area contributed by atoms with Gasteiger partial charge in [0.25, 0.3) is 0 Å². The number of nitrogens with two attached hydrogens (primary N) is 1. The third-order valence-corrected chi connectivity index (χ3v) is 1.56. The SMILES string of the molecule is C=C(Br)CNC(=O)C(N)C(=O)OCC. The molecule has 1 unspecified atom stereocenters. The quantitative estimate of drug-likeness (QED) is 0.537. The Kier molecular flexibility index (Phi) is 6.14. The third kappa shape index (κ3) is 4.98. The van der Waals surface area contributed by atoms with Crippen LogP contribution in [0.1, 0.15) is 6.92 Å². The zero-order valence-electron chi connectivity index (χ0n) is 7.88. The molecule has 0 aromatic carbocycles. The van der Waals surface area contributed by atoms with Crippen LogP contribution in [0, 0.1) is 0 Å². The predicted octanol–water partition coefficient (Wildman–Crippen LogP) is -0.0984. The van der Waals surface area contributed by atoms with Gasteiger partial charge < -0.3 is 15.8 Å². The topological polar surface area (TPSA) is 81.4 Å². The van der Waals surface area contributed by atoms with Gasteiger partial charge in [0.15, 0.2) is 6.04 Å². The molecule has 80 valence electrons. The van der Waals surface area contributed by atoms with Crippen LogP contribution < -0.4 is 11.1 Å². The molecule has 0 bridgehead atoms. The van der Waals surface area contributed by atoms with Gasteiger partial charge in [0.2, 0.25) is 5.91 Å². The van der Waals surface area contributed by atoms with Crippen molar-refractivity contribution < 1.29 is 14.3 Å². The van der Waals surface area contributed by atoms with E-state index in [4.69, 9.17) is 5.73 Å².